The quantitative estimate of drug-likeness (QED) is 0.577. The SMILES string of the molecule is O=Cc1ccc(SCc2ccc(Cl)cc2)c(Cl)c1. The van der Waals surface area contributed by atoms with Crippen LogP contribution in [0.25, 0.3) is 0 Å². The van der Waals surface area contributed by atoms with E-state index in [-0.39, 0.29) is 0 Å². The lowest BCUT2D eigenvalue weighted by molar-refractivity contribution is 0.112. The Kier molecular flexibility index (Phi) is 4.70. The van der Waals surface area contributed by atoms with Crippen LogP contribution in [0.4, 0.5) is 0 Å². The lowest BCUT2D eigenvalue weighted by atomic mass is 10.2. The van der Waals surface area contributed by atoms with Gasteiger partial charge in [-0.15, -0.1) is 11.8 Å². The minimum absolute atomic E-state index is 0.593. The molecule has 2 rings (SSSR count). The molecule has 2 aromatic carbocycles. The molecule has 0 aliphatic heterocycles. The van der Waals surface area contributed by atoms with E-state index in [2.05, 4.69) is 0 Å². The predicted octanol–water partition coefficient (Wildman–Crippen LogP) is 5.10. The first kappa shape index (κ1) is 13.5. The minimum atomic E-state index is 0.593. The standard InChI is InChI=1S/C14H10Cl2OS/c15-12-4-1-10(2-5-12)9-18-14-6-3-11(8-17)7-13(14)16/h1-8H,9H2. The van der Waals surface area contributed by atoms with Gasteiger partial charge in [0.05, 0.1) is 5.02 Å². The molecule has 0 bridgehead atoms. The highest BCUT2D eigenvalue weighted by Crippen LogP contribution is 2.30. The second-order valence-electron chi connectivity index (χ2n) is 3.72. The van der Waals surface area contributed by atoms with Crippen LogP contribution in [-0.4, -0.2) is 6.29 Å². The monoisotopic (exact) mass is 296 g/mol. The predicted molar refractivity (Wildman–Crippen MR) is 77.9 cm³/mol. The molecule has 0 saturated carbocycles. The third-order valence-electron chi connectivity index (χ3n) is 2.40. The maximum absolute atomic E-state index is 10.6. The maximum atomic E-state index is 10.6. The molecule has 0 aromatic heterocycles. The zero-order valence-corrected chi connectivity index (χ0v) is 11.7. The number of hydrogen-bond acceptors (Lipinski definition) is 2. The topological polar surface area (TPSA) is 17.1 Å². The molecule has 0 heterocycles. The molecule has 0 unspecified atom stereocenters. The third kappa shape index (κ3) is 3.52. The average molecular weight is 297 g/mol. The first-order chi connectivity index (χ1) is 8.69. The maximum Gasteiger partial charge on any atom is 0.150 e. The van der Waals surface area contributed by atoms with Gasteiger partial charge in [0.2, 0.25) is 0 Å². The summed E-state index contributed by atoms with van der Waals surface area (Å²) in [5.41, 5.74) is 1.77. The van der Waals surface area contributed by atoms with Gasteiger partial charge in [-0.25, -0.2) is 0 Å². The minimum Gasteiger partial charge on any atom is -0.298 e. The fourth-order valence-corrected chi connectivity index (χ4v) is 2.80. The van der Waals surface area contributed by atoms with Crippen molar-refractivity contribution in [3.8, 4) is 0 Å². The Bertz CT molecular complexity index is 552. The highest BCUT2D eigenvalue weighted by atomic mass is 35.5. The van der Waals surface area contributed by atoms with Crippen molar-refractivity contribution in [2.24, 2.45) is 0 Å². The van der Waals surface area contributed by atoms with Gasteiger partial charge in [-0.3, -0.25) is 4.79 Å². The number of carbonyl (C=O) groups is 1. The second-order valence-corrected chi connectivity index (χ2v) is 5.58. The van der Waals surface area contributed by atoms with Gasteiger partial charge < -0.3 is 0 Å². The molecule has 0 N–H and O–H groups in total. The third-order valence-corrected chi connectivity index (χ3v) is 4.22. The number of hydrogen-bond donors (Lipinski definition) is 0. The summed E-state index contributed by atoms with van der Waals surface area (Å²) in [7, 11) is 0. The van der Waals surface area contributed by atoms with E-state index in [0.717, 1.165) is 22.0 Å². The summed E-state index contributed by atoms with van der Waals surface area (Å²) in [6.07, 6.45) is 0.791. The smallest absolute Gasteiger partial charge is 0.150 e. The number of benzene rings is 2. The molecule has 0 aliphatic carbocycles. The van der Waals surface area contributed by atoms with E-state index in [0.29, 0.717) is 10.6 Å². The van der Waals surface area contributed by atoms with Crippen LogP contribution in [0.2, 0.25) is 10.0 Å². The fraction of sp³-hybridized carbons (Fsp3) is 0.0714. The molecule has 0 atom stereocenters. The highest BCUT2D eigenvalue weighted by Gasteiger charge is 2.03. The summed E-state index contributed by atoms with van der Waals surface area (Å²) in [4.78, 5) is 11.6. The molecule has 0 amide bonds. The first-order valence-corrected chi connectivity index (χ1v) is 7.05. The summed E-state index contributed by atoms with van der Waals surface area (Å²) in [6.45, 7) is 0. The Morgan fingerprint density at radius 2 is 1.78 bits per heavy atom. The van der Waals surface area contributed by atoms with Crippen LogP contribution in [0, 0.1) is 0 Å². The summed E-state index contributed by atoms with van der Waals surface area (Å²) in [5, 5.41) is 1.34. The molecule has 0 saturated heterocycles. The Morgan fingerprint density at radius 1 is 1.06 bits per heavy atom. The zero-order chi connectivity index (χ0) is 13.0. The van der Waals surface area contributed by atoms with Crippen LogP contribution in [0.1, 0.15) is 15.9 Å². The number of carbonyl (C=O) groups excluding carboxylic acids is 1. The molecule has 1 nitrogen and oxygen atoms in total. The van der Waals surface area contributed by atoms with Crippen molar-refractivity contribution in [3.05, 3.63) is 63.6 Å². The largest absolute Gasteiger partial charge is 0.298 e. The van der Waals surface area contributed by atoms with Crippen molar-refractivity contribution in [2.75, 3.05) is 0 Å². The van der Waals surface area contributed by atoms with Crippen molar-refractivity contribution in [1.29, 1.82) is 0 Å². The molecule has 0 fully saturated rings. The van der Waals surface area contributed by atoms with Crippen LogP contribution in [-0.2, 0) is 5.75 Å². The van der Waals surface area contributed by atoms with Crippen LogP contribution in [0.5, 0.6) is 0 Å². The molecular weight excluding hydrogens is 287 g/mol. The lowest BCUT2D eigenvalue weighted by Gasteiger charge is -2.05. The van der Waals surface area contributed by atoms with Crippen molar-refractivity contribution in [3.63, 3.8) is 0 Å². The molecular formula is C14H10Cl2OS. The summed E-state index contributed by atoms with van der Waals surface area (Å²) < 4.78 is 0. The average Bonchev–Trinajstić information content (AvgIpc) is 2.39. The zero-order valence-electron chi connectivity index (χ0n) is 9.40. The van der Waals surface area contributed by atoms with E-state index in [1.165, 1.54) is 5.56 Å². The van der Waals surface area contributed by atoms with E-state index in [1.807, 2.05) is 30.3 Å². The van der Waals surface area contributed by atoms with Crippen molar-refractivity contribution in [1.82, 2.24) is 0 Å². The Morgan fingerprint density at radius 3 is 2.39 bits per heavy atom. The van der Waals surface area contributed by atoms with Gasteiger partial charge in [0.1, 0.15) is 6.29 Å². The van der Waals surface area contributed by atoms with E-state index in [1.54, 1.807) is 23.9 Å². The first-order valence-electron chi connectivity index (χ1n) is 5.31. The van der Waals surface area contributed by atoms with Crippen molar-refractivity contribution in [2.45, 2.75) is 10.6 Å². The molecule has 92 valence electrons. The fourth-order valence-electron chi connectivity index (χ4n) is 1.45. The Hall–Kier alpha value is -0.960. The van der Waals surface area contributed by atoms with E-state index >= 15 is 0 Å². The summed E-state index contributed by atoms with van der Waals surface area (Å²) in [5.74, 6) is 0.817. The molecule has 0 aliphatic rings. The van der Waals surface area contributed by atoms with Crippen molar-refractivity contribution < 1.29 is 4.79 Å². The van der Waals surface area contributed by atoms with E-state index < -0.39 is 0 Å². The number of thioether (sulfide) groups is 1. The van der Waals surface area contributed by atoms with Gasteiger partial charge in [-0.2, -0.15) is 0 Å². The number of halogens is 2. The normalized spacial score (nSPS) is 10.3. The summed E-state index contributed by atoms with van der Waals surface area (Å²) in [6, 6.07) is 13.0. The molecule has 4 heteroatoms. The van der Waals surface area contributed by atoms with Gasteiger partial charge in [0, 0.05) is 21.2 Å². The molecule has 0 spiro atoms. The number of rotatable bonds is 4. The van der Waals surface area contributed by atoms with Gasteiger partial charge >= 0.3 is 0 Å². The second kappa shape index (κ2) is 6.28. The molecule has 2 aromatic rings. The molecule has 0 radical (unpaired) electrons. The van der Waals surface area contributed by atoms with E-state index in [9.17, 15) is 4.79 Å². The van der Waals surface area contributed by atoms with Crippen LogP contribution in [0.3, 0.4) is 0 Å². The summed E-state index contributed by atoms with van der Waals surface area (Å²) >= 11 is 13.6. The van der Waals surface area contributed by atoms with Gasteiger partial charge in [0.25, 0.3) is 0 Å². The van der Waals surface area contributed by atoms with Crippen LogP contribution in [0.15, 0.2) is 47.4 Å². The van der Waals surface area contributed by atoms with Gasteiger partial charge in [0.15, 0.2) is 0 Å². The number of aldehydes is 1. The highest BCUT2D eigenvalue weighted by molar-refractivity contribution is 7.98. The van der Waals surface area contributed by atoms with E-state index in [4.69, 9.17) is 23.2 Å². The Balaban J connectivity index is 2.06. The van der Waals surface area contributed by atoms with Gasteiger partial charge in [-0.05, 0) is 29.8 Å². The van der Waals surface area contributed by atoms with Gasteiger partial charge in [-0.1, -0.05) is 41.4 Å². The molecule has 18 heavy (non-hydrogen) atoms. The van der Waals surface area contributed by atoms with Crippen LogP contribution < -0.4 is 0 Å². The van der Waals surface area contributed by atoms with Crippen LogP contribution >= 0.6 is 35.0 Å². The Labute approximate surface area is 120 Å². The lowest BCUT2D eigenvalue weighted by Crippen LogP contribution is -1.83. The van der Waals surface area contributed by atoms with Crippen molar-refractivity contribution >= 4 is 41.2 Å².